The normalized spacial score (nSPS) is 37.4. The van der Waals surface area contributed by atoms with Gasteiger partial charge >= 0.3 is 0 Å². The van der Waals surface area contributed by atoms with Crippen LogP contribution in [0.15, 0.2) is 0 Å². The van der Waals surface area contributed by atoms with Crippen molar-refractivity contribution in [3.63, 3.8) is 0 Å². The summed E-state index contributed by atoms with van der Waals surface area (Å²) in [4.78, 5) is 2.77. The summed E-state index contributed by atoms with van der Waals surface area (Å²) in [5.74, 6) is 0.731. The minimum absolute atomic E-state index is 0.472. The van der Waals surface area contributed by atoms with Crippen LogP contribution in [0.5, 0.6) is 0 Å². The Morgan fingerprint density at radius 2 is 1.65 bits per heavy atom. The molecule has 17 heavy (non-hydrogen) atoms. The SMILES string of the molecule is CC(C)C1CN(C2C(C)(C)C2(C)C)C(C)CN1. The molecule has 2 nitrogen and oxygen atoms in total. The van der Waals surface area contributed by atoms with E-state index in [-0.39, 0.29) is 0 Å². The Balaban J connectivity index is 2.10. The van der Waals surface area contributed by atoms with Gasteiger partial charge in [-0.15, -0.1) is 0 Å². The van der Waals surface area contributed by atoms with E-state index in [0.717, 1.165) is 18.5 Å². The van der Waals surface area contributed by atoms with Gasteiger partial charge in [0.05, 0.1) is 0 Å². The molecule has 2 heteroatoms. The molecule has 2 aliphatic rings. The van der Waals surface area contributed by atoms with Crippen LogP contribution < -0.4 is 5.32 Å². The van der Waals surface area contributed by atoms with Gasteiger partial charge in [-0.3, -0.25) is 4.90 Å². The smallest absolute Gasteiger partial charge is 0.0218 e. The van der Waals surface area contributed by atoms with Crippen LogP contribution in [0, 0.1) is 16.7 Å². The Morgan fingerprint density at radius 1 is 1.12 bits per heavy atom. The lowest BCUT2D eigenvalue weighted by Crippen LogP contribution is -2.58. The van der Waals surface area contributed by atoms with Crippen molar-refractivity contribution in [2.75, 3.05) is 13.1 Å². The largest absolute Gasteiger partial charge is 0.311 e. The Bertz CT molecular complexity index is 279. The van der Waals surface area contributed by atoms with Crippen LogP contribution in [0.2, 0.25) is 0 Å². The van der Waals surface area contributed by atoms with Gasteiger partial charge in [-0.05, 0) is 23.7 Å². The lowest BCUT2D eigenvalue weighted by atomic mass is 9.99. The van der Waals surface area contributed by atoms with Crippen molar-refractivity contribution in [1.29, 1.82) is 0 Å². The van der Waals surface area contributed by atoms with Gasteiger partial charge in [0, 0.05) is 31.2 Å². The molecule has 2 rings (SSSR count). The molecular formula is C15H30N2. The van der Waals surface area contributed by atoms with E-state index in [1.807, 2.05) is 0 Å². The molecule has 0 radical (unpaired) electrons. The second-order valence-electron chi connectivity index (χ2n) is 7.65. The first-order valence-corrected chi connectivity index (χ1v) is 7.18. The Morgan fingerprint density at radius 3 is 2.06 bits per heavy atom. The number of piperazine rings is 1. The van der Waals surface area contributed by atoms with Crippen molar-refractivity contribution < 1.29 is 0 Å². The van der Waals surface area contributed by atoms with E-state index in [4.69, 9.17) is 0 Å². The zero-order valence-electron chi connectivity index (χ0n) is 12.7. The van der Waals surface area contributed by atoms with E-state index in [2.05, 4.69) is 58.7 Å². The molecule has 0 spiro atoms. The summed E-state index contributed by atoms with van der Waals surface area (Å²) in [5.41, 5.74) is 0.945. The fourth-order valence-corrected chi connectivity index (χ4v) is 3.71. The molecule has 0 aromatic rings. The molecule has 0 bridgehead atoms. The molecule has 0 aromatic carbocycles. The van der Waals surface area contributed by atoms with Crippen LogP contribution in [0.4, 0.5) is 0 Å². The summed E-state index contributed by atoms with van der Waals surface area (Å²) in [6.45, 7) is 19.1. The van der Waals surface area contributed by atoms with Crippen molar-refractivity contribution in [2.24, 2.45) is 16.7 Å². The Labute approximate surface area is 107 Å². The number of nitrogens with one attached hydrogen (secondary N) is 1. The molecule has 1 N–H and O–H groups in total. The fraction of sp³-hybridized carbons (Fsp3) is 1.00. The summed E-state index contributed by atoms with van der Waals surface area (Å²) in [6.07, 6.45) is 0. The van der Waals surface area contributed by atoms with Crippen molar-refractivity contribution in [3.05, 3.63) is 0 Å². The van der Waals surface area contributed by atoms with Gasteiger partial charge in [0.15, 0.2) is 0 Å². The van der Waals surface area contributed by atoms with E-state index in [9.17, 15) is 0 Å². The third-order valence-electron chi connectivity index (χ3n) is 5.73. The van der Waals surface area contributed by atoms with Gasteiger partial charge in [-0.25, -0.2) is 0 Å². The van der Waals surface area contributed by atoms with Crippen molar-refractivity contribution in [2.45, 2.75) is 66.6 Å². The Hall–Kier alpha value is -0.0800. The average molecular weight is 238 g/mol. The fourth-order valence-electron chi connectivity index (χ4n) is 3.71. The van der Waals surface area contributed by atoms with Gasteiger partial charge < -0.3 is 5.32 Å². The monoisotopic (exact) mass is 238 g/mol. The summed E-state index contributed by atoms with van der Waals surface area (Å²) in [6, 6.07) is 2.10. The maximum Gasteiger partial charge on any atom is 0.0218 e. The minimum atomic E-state index is 0.472. The van der Waals surface area contributed by atoms with Crippen molar-refractivity contribution in [1.82, 2.24) is 10.2 Å². The standard InChI is InChI=1S/C15H30N2/c1-10(2)12-9-17(11(3)8-16-12)13-14(4,5)15(13,6)7/h10-13,16H,8-9H2,1-7H3. The third kappa shape index (κ3) is 1.94. The van der Waals surface area contributed by atoms with Crippen LogP contribution >= 0.6 is 0 Å². The number of rotatable bonds is 2. The first kappa shape index (κ1) is 13.4. The summed E-state index contributed by atoms with van der Waals surface area (Å²) < 4.78 is 0. The van der Waals surface area contributed by atoms with E-state index in [0.29, 0.717) is 22.9 Å². The number of hydrogen-bond acceptors (Lipinski definition) is 2. The van der Waals surface area contributed by atoms with Gasteiger partial charge in [0.1, 0.15) is 0 Å². The van der Waals surface area contributed by atoms with Crippen LogP contribution in [-0.2, 0) is 0 Å². The number of nitrogens with zero attached hydrogens (tertiary/aromatic N) is 1. The molecule has 0 aromatic heterocycles. The van der Waals surface area contributed by atoms with Gasteiger partial charge in [-0.1, -0.05) is 41.5 Å². The second-order valence-corrected chi connectivity index (χ2v) is 7.65. The van der Waals surface area contributed by atoms with Crippen LogP contribution in [0.1, 0.15) is 48.5 Å². The molecule has 1 aliphatic carbocycles. The second kappa shape index (κ2) is 3.96. The zero-order chi connectivity index (χ0) is 13.0. The molecule has 1 saturated carbocycles. The topological polar surface area (TPSA) is 15.3 Å². The molecule has 2 unspecified atom stereocenters. The first-order valence-electron chi connectivity index (χ1n) is 7.18. The van der Waals surface area contributed by atoms with E-state index >= 15 is 0 Å². The Kier molecular flexibility index (Phi) is 3.11. The maximum atomic E-state index is 3.69. The van der Waals surface area contributed by atoms with Crippen LogP contribution in [0.3, 0.4) is 0 Å². The molecular weight excluding hydrogens is 208 g/mol. The van der Waals surface area contributed by atoms with Gasteiger partial charge in [-0.2, -0.15) is 0 Å². The number of hydrogen-bond donors (Lipinski definition) is 1. The average Bonchev–Trinajstić information content (AvgIpc) is 2.59. The summed E-state index contributed by atoms with van der Waals surface area (Å²) >= 11 is 0. The zero-order valence-corrected chi connectivity index (χ0v) is 12.7. The highest BCUT2D eigenvalue weighted by Gasteiger charge is 2.67. The van der Waals surface area contributed by atoms with Crippen molar-refractivity contribution >= 4 is 0 Å². The van der Waals surface area contributed by atoms with E-state index in [1.165, 1.54) is 6.54 Å². The van der Waals surface area contributed by atoms with Gasteiger partial charge in [0.25, 0.3) is 0 Å². The molecule has 0 amide bonds. The highest BCUT2D eigenvalue weighted by atomic mass is 15.3. The maximum absolute atomic E-state index is 3.69. The highest BCUT2D eigenvalue weighted by molar-refractivity contribution is 5.19. The lowest BCUT2D eigenvalue weighted by molar-refractivity contribution is 0.0961. The highest BCUT2D eigenvalue weighted by Crippen LogP contribution is 2.65. The molecule has 1 heterocycles. The van der Waals surface area contributed by atoms with Crippen LogP contribution in [0.25, 0.3) is 0 Å². The first-order chi connectivity index (χ1) is 7.69. The van der Waals surface area contributed by atoms with Gasteiger partial charge in [0.2, 0.25) is 0 Å². The predicted octanol–water partition coefficient (Wildman–Crippen LogP) is 2.74. The van der Waals surface area contributed by atoms with E-state index < -0.39 is 0 Å². The molecule has 2 fully saturated rings. The molecule has 1 aliphatic heterocycles. The predicted molar refractivity (Wildman–Crippen MR) is 74.1 cm³/mol. The lowest BCUT2D eigenvalue weighted by Gasteiger charge is -2.41. The van der Waals surface area contributed by atoms with Crippen LogP contribution in [-0.4, -0.2) is 36.1 Å². The minimum Gasteiger partial charge on any atom is -0.311 e. The van der Waals surface area contributed by atoms with Crippen molar-refractivity contribution in [3.8, 4) is 0 Å². The molecule has 1 saturated heterocycles. The third-order valence-corrected chi connectivity index (χ3v) is 5.73. The quantitative estimate of drug-likeness (QED) is 0.796. The van der Waals surface area contributed by atoms with E-state index in [1.54, 1.807) is 0 Å². The molecule has 2 atom stereocenters. The molecule has 100 valence electrons. The summed E-state index contributed by atoms with van der Waals surface area (Å²) in [7, 11) is 0. The summed E-state index contributed by atoms with van der Waals surface area (Å²) in [5, 5.41) is 3.69.